The Morgan fingerprint density at radius 1 is 0.909 bits per heavy atom. The smallest absolute Gasteiger partial charge is 0.265 e. The van der Waals surface area contributed by atoms with Crippen LogP contribution in [0.2, 0.25) is 0 Å². The van der Waals surface area contributed by atoms with Gasteiger partial charge in [-0.15, -0.1) is 0 Å². The Balaban J connectivity index is 1.97. The number of hydrogen-bond acceptors (Lipinski definition) is 6. The summed E-state index contributed by atoms with van der Waals surface area (Å²) in [7, 11) is -0.0584. The zero-order valence-electron chi connectivity index (χ0n) is 18.2. The minimum Gasteiger partial charge on any atom is -0.497 e. The maximum Gasteiger partial charge on any atom is 0.265 e. The molecule has 174 valence electrons. The van der Waals surface area contributed by atoms with Gasteiger partial charge in [-0.1, -0.05) is 12.1 Å². The number of para-hydroxylation sites is 1. The summed E-state index contributed by atoms with van der Waals surface area (Å²) in [6.07, 6.45) is 0. The first-order valence-corrected chi connectivity index (χ1v) is 11.2. The molecule has 0 radical (unpaired) electrons. The molecule has 3 rings (SSSR count). The Bertz CT molecular complexity index is 1230. The third-order valence-corrected chi connectivity index (χ3v) is 6.48. The van der Waals surface area contributed by atoms with Crippen molar-refractivity contribution >= 4 is 27.3 Å². The van der Waals surface area contributed by atoms with E-state index in [0.29, 0.717) is 21.5 Å². The molecule has 0 unspecified atom stereocenters. The van der Waals surface area contributed by atoms with Crippen molar-refractivity contribution in [3.63, 3.8) is 0 Å². The summed E-state index contributed by atoms with van der Waals surface area (Å²) in [5, 5.41) is 2.61. The van der Waals surface area contributed by atoms with Gasteiger partial charge in [-0.05, 0) is 48.5 Å². The first-order chi connectivity index (χ1) is 15.8. The van der Waals surface area contributed by atoms with Crippen LogP contribution in [0.15, 0.2) is 71.6 Å². The van der Waals surface area contributed by atoms with E-state index in [-0.39, 0.29) is 16.3 Å². The second-order valence-electron chi connectivity index (χ2n) is 6.76. The van der Waals surface area contributed by atoms with Crippen molar-refractivity contribution in [1.29, 1.82) is 0 Å². The summed E-state index contributed by atoms with van der Waals surface area (Å²) in [5.41, 5.74) is 0.162. The number of benzene rings is 3. The number of halogens is 1. The number of carbonyl (C=O) groups excluding carboxylic acids is 1. The maximum absolute atomic E-state index is 14.6. The lowest BCUT2D eigenvalue weighted by molar-refractivity contribution is -0.114. The normalized spacial score (nSPS) is 10.9. The molecular weight excluding hydrogens is 451 g/mol. The summed E-state index contributed by atoms with van der Waals surface area (Å²) in [4.78, 5) is 12.6. The topological polar surface area (TPSA) is 94.2 Å². The monoisotopic (exact) mass is 474 g/mol. The number of methoxy groups -OCH3 is 3. The molecule has 0 aromatic heterocycles. The van der Waals surface area contributed by atoms with E-state index in [1.807, 2.05) is 0 Å². The molecule has 0 atom stereocenters. The fourth-order valence-electron chi connectivity index (χ4n) is 3.06. The van der Waals surface area contributed by atoms with Crippen LogP contribution in [0.3, 0.4) is 0 Å². The van der Waals surface area contributed by atoms with Gasteiger partial charge in [0.1, 0.15) is 18.1 Å². The molecule has 3 aromatic rings. The maximum atomic E-state index is 14.6. The van der Waals surface area contributed by atoms with Crippen LogP contribution in [-0.4, -0.2) is 42.2 Å². The number of anilines is 2. The van der Waals surface area contributed by atoms with Crippen molar-refractivity contribution in [3.8, 4) is 17.2 Å². The van der Waals surface area contributed by atoms with Crippen LogP contribution in [0.5, 0.6) is 17.2 Å². The largest absolute Gasteiger partial charge is 0.497 e. The molecule has 3 aromatic carbocycles. The summed E-state index contributed by atoms with van der Waals surface area (Å²) >= 11 is 0. The van der Waals surface area contributed by atoms with Gasteiger partial charge in [-0.2, -0.15) is 0 Å². The second-order valence-corrected chi connectivity index (χ2v) is 8.62. The van der Waals surface area contributed by atoms with Crippen LogP contribution >= 0.6 is 0 Å². The zero-order valence-corrected chi connectivity index (χ0v) is 19.1. The molecule has 0 aliphatic carbocycles. The molecule has 8 nitrogen and oxygen atoms in total. The first kappa shape index (κ1) is 23.9. The molecule has 1 amide bonds. The molecule has 0 bridgehead atoms. The fourth-order valence-corrected chi connectivity index (χ4v) is 4.51. The minimum absolute atomic E-state index is 0.176. The summed E-state index contributed by atoms with van der Waals surface area (Å²) in [6, 6.07) is 15.8. The van der Waals surface area contributed by atoms with E-state index < -0.39 is 28.3 Å². The summed E-state index contributed by atoms with van der Waals surface area (Å²) < 4.78 is 57.7. The molecule has 0 saturated heterocycles. The Morgan fingerprint density at radius 2 is 1.58 bits per heavy atom. The Morgan fingerprint density at radius 3 is 2.18 bits per heavy atom. The number of ether oxygens (including phenoxy) is 3. The van der Waals surface area contributed by atoms with Crippen molar-refractivity contribution in [1.82, 2.24) is 0 Å². The Labute approximate surface area is 191 Å². The molecule has 33 heavy (non-hydrogen) atoms. The van der Waals surface area contributed by atoms with Gasteiger partial charge in [-0.3, -0.25) is 9.10 Å². The highest BCUT2D eigenvalue weighted by molar-refractivity contribution is 7.92. The van der Waals surface area contributed by atoms with E-state index in [0.717, 1.165) is 6.07 Å². The van der Waals surface area contributed by atoms with Crippen LogP contribution in [0.1, 0.15) is 0 Å². The Kier molecular flexibility index (Phi) is 7.39. The van der Waals surface area contributed by atoms with Crippen LogP contribution in [-0.2, 0) is 14.8 Å². The highest BCUT2D eigenvalue weighted by Gasteiger charge is 2.30. The van der Waals surface area contributed by atoms with Gasteiger partial charge < -0.3 is 19.5 Å². The first-order valence-electron chi connectivity index (χ1n) is 9.73. The highest BCUT2D eigenvalue weighted by Crippen LogP contribution is 2.33. The number of rotatable bonds is 9. The van der Waals surface area contributed by atoms with Crippen LogP contribution in [0, 0.1) is 5.82 Å². The average Bonchev–Trinajstić information content (AvgIpc) is 2.83. The molecule has 0 aliphatic heterocycles. The molecule has 1 N–H and O–H groups in total. The number of sulfonamides is 1. The lowest BCUT2D eigenvalue weighted by Gasteiger charge is -2.25. The van der Waals surface area contributed by atoms with Gasteiger partial charge >= 0.3 is 0 Å². The third kappa shape index (κ3) is 5.35. The number of nitrogens with zero attached hydrogens (tertiary/aromatic N) is 1. The van der Waals surface area contributed by atoms with Gasteiger partial charge in [0.2, 0.25) is 5.91 Å². The van der Waals surface area contributed by atoms with Crippen LogP contribution < -0.4 is 23.8 Å². The van der Waals surface area contributed by atoms with E-state index in [2.05, 4.69) is 5.32 Å². The van der Waals surface area contributed by atoms with Crippen LogP contribution in [0.4, 0.5) is 15.8 Å². The SMILES string of the molecule is COc1ccc(NC(=O)CN(c2ccccc2F)S(=O)(=O)c2ccc(OC)c(OC)c2)cc1. The third-order valence-electron chi connectivity index (χ3n) is 4.73. The molecule has 0 saturated carbocycles. The van der Waals surface area contributed by atoms with Crippen molar-refractivity contribution in [2.75, 3.05) is 37.5 Å². The highest BCUT2D eigenvalue weighted by atomic mass is 32.2. The minimum atomic E-state index is -4.36. The zero-order chi connectivity index (χ0) is 24.0. The number of carbonyl (C=O) groups is 1. The summed E-state index contributed by atoms with van der Waals surface area (Å²) in [5.74, 6) is -0.357. The fraction of sp³-hybridized carbons (Fsp3) is 0.174. The van der Waals surface area contributed by atoms with Gasteiger partial charge in [0, 0.05) is 11.8 Å². The van der Waals surface area contributed by atoms with Gasteiger partial charge in [-0.25, -0.2) is 12.8 Å². The van der Waals surface area contributed by atoms with Gasteiger partial charge in [0.15, 0.2) is 11.5 Å². The predicted molar refractivity (Wildman–Crippen MR) is 122 cm³/mol. The number of amides is 1. The number of hydrogen-bond donors (Lipinski definition) is 1. The lowest BCUT2D eigenvalue weighted by Crippen LogP contribution is -2.38. The molecule has 0 fully saturated rings. The molecule has 0 spiro atoms. The van der Waals surface area contributed by atoms with E-state index in [9.17, 15) is 17.6 Å². The van der Waals surface area contributed by atoms with E-state index in [1.165, 1.54) is 57.7 Å². The van der Waals surface area contributed by atoms with Gasteiger partial charge in [0.25, 0.3) is 10.0 Å². The predicted octanol–water partition coefficient (Wildman–Crippen LogP) is 3.69. The molecular formula is C23H23FN2O6S. The lowest BCUT2D eigenvalue weighted by atomic mass is 10.3. The van der Waals surface area contributed by atoms with Crippen molar-refractivity contribution in [2.45, 2.75) is 4.90 Å². The molecule has 0 heterocycles. The average molecular weight is 475 g/mol. The van der Waals surface area contributed by atoms with Crippen molar-refractivity contribution < 1.29 is 31.8 Å². The van der Waals surface area contributed by atoms with Crippen molar-refractivity contribution in [2.24, 2.45) is 0 Å². The van der Waals surface area contributed by atoms with Gasteiger partial charge in [0.05, 0.1) is 31.9 Å². The summed E-state index contributed by atoms with van der Waals surface area (Å²) in [6.45, 7) is -0.663. The van der Waals surface area contributed by atoms with Crippen LogP contribution in [0.25, 0.3) is 0 Å². The number of nitrogens with one attached hydrogen (secondary N) is 1. The quantitative estimate of drug-likeness (QED) is 0.509. The van der Waals surface area contributed by atoms with Crippen molar-refractivity contribution in [3.05, 3.63) is 72.5 Å². The second kappa shape index (κ2) is 10.2. The van der Waals surface area contributed by atoms with E-state index in [1.54, 1.807) is 24.3 Å². The van der Waals surface area contributed by atoms with E-state index >= 15 is 0 Å². The van der Waals surface area contributed by atoms with E-state index in [4.69, 9.17) is 14.2 Å². The standard InChI is InChI=1S/C23H23FN2O6S/c1-30-17-10-8-16(9-11-17)25-23(27)15-26(20-7-5-4-6-19(20)24)33(28,29)18-12-13-21(31-2)22(14-18)32-3/h4-14H,15H2,1-3H3,(H,25,27). The molecule has 10 heteroatoms. The Hall–Kier alpha value is -3.79. The molecule has 0 aliphatic rings.